The van der Waals surface area contributed by atoms with Gasteiger partial charge in [-0.15, -0.1) is 0 Å². The lowest BCUT2D eigenvalue weighted by Crippen LogP contribution is -2.51. The van der Waals surface area contributed by atoms with Crippen LogP contribution in [0.4, 0.5) is 10.5 Å². The first-order chi connectivity index (χ1) is 13.8. The lowest BCUT2D eigenvalue weighted by atomic mass is 10.2. The highest BCUT2D eigenvalue weighted by molar-refractivity contribution is 5.93. The van der Waals surface area contributed by atoms with Crippen molar-refractivity contribution in [2.24, 2.45) is 0 Å². The number of carbonyl (C=O) groups is 1. The number of nitrogens with zero attached hydrogens (tertiary/aromatic N) is 4. The molecule has 2 aliphatic rings. The van der Waals surface area contributed by atoms with Crippen molar-refractivity contribution < 1.29 is 14.3 Å². The Morgan fingerprint density at radius 1 is 1.18 bits per heavy atom. The number of piperazine rings is 1. The van der Waals surface area contributed by atoms with E-state index in [1.165, 1.54) is 0 Å². The summed E-state index contributed by atoms with van der Waals surface area (Å²) in [6.07, 6.45) is 5.09. The quantitative estimate of drug-likeness (QED) is 0.752. The van der Waals surface area contributed by atoms with Crippen molar-refractivity contribution in [2.45, 2.75) is 6.10 Å². The number of ether oxygens (including phenoxy) is 2. The second kappa shape index (κ2) is 7.12. The van der Waals surface area contributed by atoms with Gasteiger partial charge >= 0.3 is 6.09 Å². The molecule has 2 fully saturated rings. The molecular formula is C20H21N5O3. The number of amides is 1. The van der Waals surface area contributed by atoms with Crippen molar-refractivity contribution in [3.05, 3.63) is 42.9 Å². The van der Waals surface area contributed by atoms with E-state index in [1.807, 2.05) is 30.6 Å². The second-order valence-corrected chi connectivity index (χ2v) is 7.03. The van der Waals surface area contributed by atoms with E-state index in [9.17, 15) is 4.79 Å². The number of aromatic nitrogens is 3. The van der Waals surface area contributed by atoms with E-state index in [4.69, 9.17) is 9.47 Å². The van der Waals surface area contributed by atoms with Crippen molar-refractivity contribution in [1.29, 1.82) is 0 Å². The smallest absolute Gasteiger partial charge is 0.410 e. The summed E-state index contributed by atoms with van der Waals surface area (Å²) in [5.41, 5.74) is 3.99. The van der Waals surface area contributed by atoms with Gasteiger partial charge in [-0.05, 0) is 24.3 Å². The predicted molar refractivity (Wildman–Crippen MR) is 104 cm³/mol. The predicted octanol–water partition coefficient (Wildman–Crippen LogP) is 2.28. The summed E-state index contributed by atoms with van der Waals surface area (Å²) in [6.45, 7) is 3.79. The van der Waals surface area contributed by atoms with Gasteiger partial charge in [-0.1, -0.05) is 0 Å². The fourth-order valence-electron chi connectivity index (χ4n) is 3.60. The molecule has 0 saturated carbocycles. The maximum atomic E-state index is 12.2. The molecule has 28 heavy (non-hydrogen) atoms. The van der Waals surface area contributed by atoms with Crippen molar-refractivity contribution in [3.8, 4) is 11.3 Å². The van der Waals surface area contributed by atoms with Crippen LogP contribution in [0.2, 0.25) is 0 Å². The van der Waals surface area contributed by atoms with E-state index < -0.39 is 0 Å². The maximum Gasteiger partial charge on any atom is 0.410 e. The number of fused-ring (bicyclic) bond motifs is 1. The third-order valence-corrected chi connectivity index (χ3v) is 5.23. The molecule has 0 spiro atoms. The van der Waals surface area contributed by atoms with Crippen LogP contribution in [0.25, 0.3) is 22.3 Å². The van der Waals surface area contributed by atoms with Gasteiger partial charge in [0.2, 0.25) is 0 Å². The molecule has 0 aliphatic carbocycles. The zero-order valence-corrected chi connectivity index (χ0v) is 15.4. The first kappa shape index (κ1) is 17.0. The minimum Gasteiger partial charge on any atom is -0.441 e. The molecule has 8 nitrogen and oxygen atoms in total. The number of hydrogen-bond acceptors (Lipinski definition) is 6. The first-order valence-corrected chi connectivity index (χ1v) is 9.44. The van der Waals surface area contributed by atoms with Crippen LogP contribution in [0, 0.1) is 0 Å². The van der Waals surface area contributed by atoms with Crippen molar-refractivity contribution in [1.82, 2.24) is 19.9 Å². The van der Waals surface area contributed by atoms with Crippen LogP contribution >= 0.6 is 0 Å². The van der Waals surface area contributed by atoms with Crippen LogP contribution in [0.15, 0.2) is 42.9 Å². The minimum atomic E-state index is -0.242. The van der Waals surface area contributed by atoms with E-state index >= 15 is 0 Å². The summed E-state index contributed by atoms with van der Waals surface area (Å²) in [5, 5.41) is 1.07. The molecule has 0 atom stereocenters. The zero-order chi connectivity index (χ0) is 18.9. The Hall–Kier alpha value is -3.13. The highest BCUT2D eigenvalue weighted by atomic mass is 16.6. The summed E-state index contributed by atoms with van der Waals surface area (Å²) >= 11 is 0. The fraction of sp³-hybridized carbons (Fsp3) is 0.350. The molecule has 144 valence electrons. The monoisotopic (exact) mass is 379 g/mol. The molecule has 0 unspecified atom stereocenters. The number of carbonyl (C=O) groups excluding carboxylic acids is 1. The standard InChI is InChI=1S/C20H21N5O3/c26-20(28-15-12-27-13-15)25-8-6-24(7-9-25)18-3-5-22-19-16(18)10-17(23-19)14-2-1-4-21-11-14/h1-5,10-11,15H,6-9,12-13H2,(H,22,23). The summed E-state index contributed by atoms with van der Waals surface area (Å²) in [5.74, 6) is 0. The molecule has 8 heteroatoms. The van der Waals surface area contributed by atoms with Gasteiger partial charge in [0.15, 0.2) is 6.10 Å². The molecular weight excluding hydrogens is 358 g/mol. The molecule has 5 rings (SSSR count). The molecule has 0 radical (unpaired) electrons. The van der Waals surface area contributed by atoms with Gasteiger partial charge in [0.25, 0.3) is 0 Å². The van der Waals surface area contributed by atoms with Gasteiger partial charge in [-0.25, -0.2) is 9.78 Å². The number of nitrogens with one attached hydrogen (secondary N) is 1. The van der Waals surface area contributed by atoms with E-state index in [1.54, 1.807) is 11.1 Å². The molecule has 2 aliphatic heterocycles. The van der Waals surface area contributed by atoms with Crippen molar-refractivity contribution in [2.75, 3.05) is 44.3 Å². The van der Waals surface area contributed by atoms with Crippen LogP contribution in [-0.2, 0) is 9.47 Å². The van der Waals surface area contributed by atoms with Crippen LogP contribution in [0.1, 0.15) is 0 Å². The minimum absolute atomic E-state index is 0.0869. The topological polar surface area (TPSA) is 83.6 Å². The number of aromatic amines is 1. The average Bonchev–Trinajstić information content (AvgIpc) is 3.16. The van der Waals surface area contributed by atoms with Crippen LogP contribution in [0.5, 0.6) is 0 Å². The molecule has 0 bridgehead atoms. The van der Waals surface area contributed by atoms with Gasteiger partial charge in [0.05, 0.1) is 13.2 Å². The van der Waals surface area contributed by atoms with E-state index in [-0.39, 0.29) is 12.2 Å². The van der Waals surface area contributed by atoms with Gasteiger partial charge in [0, 0.05) is 67.1 Å². The Morgan fingerprint density at radius 2 is 2.04 bits per heavy atom. The Morgan fingerprint density at radius 3 is 2.75 bits per heavy atom. The summed E-state index contributed by atoms with van der Waals surface area (Å²) in [6, 6.07) is 8.09. The molecule has 5 heterocycles. The highest BCUT2D eigenvalue weighted by Gasteiger charge is 2.28. The number of H-pyrrole nitrogens is 1. The summed E-state index contributed by atoms with van der Waals surface area (Å²) < 4.78 is 10.5. The largest absolute Gasteiger partial charge is 0.441 e. The summed E-state index contributed by atoms with van der Waals surface area (Å²) in [4.78, 5) is 28.3. The number of rotatable bonds is 3. The third kappa shape index (κ3) is 3.16. The highest BCUT2D eigenvalue weighted by Crippen LogP contribution is 2.30. The molecule has 3 aromatic rings. The number of pyridine rings is 2. The lowest BCUT2D eigenvalue weighted by molar-refractivity contribution is -0.104. The molecule has 0 aromatic carbocycles. The van der Waals surface area contributed by atoms with Crippen LogP contribution < -0.4 is 4.90 Å². The van der Waals surface area contributed by atoms with Crippen LogP contribution in [0.3, 0.4) is 0 Å². The Kier molecular flexibility index (Phi) is 4.32. The first-order valence-electron chi connectivity index (χ1n) is 9.44. The lowest BCUT2D eigenvalue weighted by Gasteiger charge is -2.37. The Bertz CT molecular complexity index is 978. The number of anilines is 1. The van der Waals surface area contributed by atoms with E-state index in [0.29, 0.717) is 26.3 Å². The van der Waals surface area contributed by atoms with E-state index in [0.717, 1.165) is 41.1 Å². The average molecular weight is 379 g/mol. The number of hydrogen-bond donors (Lipinski definition) is 1. The van der Waals surface area contributed by atoms with Crippen molar-refractivity contribution in [3.63, 3.8) is 0 Å². The normalized spacial score (nSPS) is 17.6. The molecule has 2 saturated heterocycles. The molecule has 3 aromatic heterocycles. The third-order valence-electron chi connectivity index (χ3n) is 5.23. The van der Waals surface area contributed by atoms with Gasteiger partial charge < -0.3 is 24.3 Å². The van der Waals surface area contributed by atoms with Gasteiger partial charge in [-0.3, -0.25) is 4.98 Å². The van der Waals surface area contributed by atoms with Crippen molar-refractivity contribution >= 4 is 22.8 Å². The Labute approximate surface area is 162 Å². The van der Waals surface area contributed by atoms with Gasteiger partial charge in [-0.2, -0.15) is 0 Å². The fourth-order valence-corrected chi connectivity index (χ4v) is 3.60. The summed E-state index contributed by atoms with van der Waals surface area (Å²) in [7, 11) is 0. The SMILES string of the molecule is O=C(OC1COC1)N1CCN(c2ccnc3[nH]c(-c4cccnc4)cc23)CC1. The molecule has 1 N–H and O–H groups in total. The maximum absolute atomic E-state index is 12.2. The van der Waals surface area contributed by atoms with Gasteiger partial charge in [0.1, 0.15) is 5.65 Å². The van der Waals surface area contributed by atoms with Crippen LogP contribution in [-0.4, -0.2) is 71.4 Å². The Balaban J connectivity index is 1.32. The molecule has 1 amide bonds. The van der Waals surface area contributed by atoms with E-state index in [2.05, 4.69) is 25.9 Å². The second-order valence-electron chi connectivity index (χ2n) is 7.03. The zero-order valence-electron chi connectivity index (χ0n) is 15.4.